The quantitative estimate of drug-likeness (QED) is 0.599. The highest BCUT2D eigenvalue weighted by atomic mass is 32.2. The van der Waals surface area contributed by atoms with Crippen molar-refractivity contribution in [3.05, 3.63) is 17.9 Å². The minimum atomic E-state index is -4.13. The van der Waals surface area contributed by atoms with Gasteiger partial charge in [-0.3, -0.25) is 4.79 Å². The third-order valence-electron chi connectivity index (χ3n) is 4.29. The lowest BCUT2D eigenvalue weighted by Gasteiger charge is -2.26. The number of aromatic carboxylic acids is 1. The van der Waals surface area contributed by atoms with Crippen molar-refractivity contribution in [2.24, 2.45) is 0 Å². The first-order chi connectivity index (χ1) is 12.1. The molecule has 10 heteroatoms. The molecule has 26 heavy (non-hydrogen) atoms. The molecule has 1 fully saturated rings. The van der Waals surface area contributed by atoms with Crippen LogP contribution < -0.4 is 5.32 Å². The van der Waals surface area contributed by atoms with Crippen molar-refractivity contribution in [2.75, 3.05) is 13.1 Å². The number of rotatable bonds is 8. The second kappa shape index (κ2) is 7.77. The van der Waals surface area contributed by atoms with Crippen molar-refractivity contribution in [2.45, 2.75) is 56.3 Å². The molecule has 1 aromatic heterocycles. The van der Waals surface area contributed by atoms with Gasteiger partial charge in [-0.25, -0.2) is 13.2 Å². The lowest BCUT2D eigenvalue weighted by Crippen LogP contribution is -2.49. The van der Waals surface area contributed by atoms with Gasteiger partial charge in [0.2, 0.25) is 16.8 Å². The van der Waals surface area contributed by atoms with Crippen LogP contribution in [-0.2, 0) is 14.8 Å². The topological polar surface area (TPSA) is 137 Å². The van der Waals surface area contributed by atoms with E-state index in [1.807, 2.05) is 6.92 Å². The highest BCUT2D eigenvalue weighted by Gasteiger charge is 2.41. The highest BCUT2D eigenvalue weighted by Crippen LogP contribution is 2.27. The first-order valence-corrected chi connectivity index (χ1v) is 9.87. The molecule has 2 atom stereocenters. The molecule has 0 aliphatic carbocycles. The Morgan fingerprint density at radius 2 is 2.12 bits per heavy atom. The fourth-order valence-electron chi connectivity index (χ4n) is 3.00. The molecule has 146 valence electrons. The monoisotopic (exact) mass is 388 g/mol. The average molecular weight is 388 g/mol. The highest BCUT2D eigenvalue weighted by molar-refractivity contribution is 7.89. The number of hydrogen-bond donors (Lipinski definition) is 3. The number of nitrogens with one attached hydrogen (secondary N) is 1. The lowest BCUT2D eigenvalue weighted by atomic mass is 10.0. The van der Waals surface area contributed by atoms with Gasteiger partial charge in [-0.2, -0.15) is 4.31 Å². The third-order valence-corrected chi connectivity index (χ3v) is 6.08. The van der Waals surface area contributed by atoms with E-state index in [-0.39, 0.29) is 13.1 Å². The van der Waals surface area contributed by atoms with E-state index < -0.39 is 44.4 Å². The van der Waals surface area contributed by atoms with Crippen LogP contribution >= 0.6 is 0 Å². The van der Waals surface area contributed by atoms with Crippen molar-refractivity contribution in [3.8, 4) is 0 Å². The summed E-state index contributed by atoms with van der Waals surface area (Å²) in [5.41, 5.74) is -1.07. The summed E-state index contributed by atoms with van der Waals surface area (Å²) in [6.45, 7) is 3.68. The normalized spacial score (nSPS) is 20.7. The van der Waals surface area contributed by atoms with Gasteiger partial charge in [-0.15, -0.1) is 0 Å². The third kappa shape index (κ3) is 4.43. The molecule has 3 N–H and O–H groups in total. The molecular weight excluding hydrogens is 364 g/mol. The smallest absolute Gasteiger partial charge is 0.371 e. The first kappa shape index (κ1) is 20.4. The Morgan fingerprint density at radius 1 is 1.42 bits per heavy atom. The van der Waals surface area contributed by atoms with Gasteiger partial charge in [0.15, 0.2) is 0 Å². The van der Waals surface area contributed by atoms with E-state index >= 15 is 0 Å². The Hall–Kier alpha value is -1.91. The van der Waals surface area contributed by atoms with E-state index in [1.54, 1.807) is 6.92 Å². The number of hydrogen-bond acceptors (Lipinski definition) is 6. The Labute approximate surface area is 152 Å². The maximum atomic E-state index is 12.7. The molecule has 0 aromatic carbocycles. The molecule has 0 saturated carbocycles. The Bertz CT molecular complexity index is 769. The van der Waals surface area contributed by atoms with Crippen molar-refractivity contribution in [1.29, 1.82) is 0 Å². The van der Waals surface area contributed by atoms with Crippen molar-refractivity contribution in [1.82, 2.24) is 9.62 Å². The minimum Gasteiger partial charge on any atom is -0.475 e. The van der Waals surface area contributed by atoms with Crippen LogP contribution in [0.5, 0.6) is 0 Å². The number of carbonyl (C=O) groups is 2. The second-order valence-corrected chi connectivity index (χ2v) is 8.48. The molecule has 1 amide bonds. The van der Waals surface area contributed by atoms with Gasteiger partial charge in [0.25, 0.3) is 10.0 Å². The maximum absolute atomic E-state index is 12.7. The summed E-state index contributed by atoms with van der Waals surface area (Å²) in [4.78, 5) is 23.3. The summed E-state index contributed by atoms with van der Waals surface area (Å²) in [7, 11) is -4.13. The Balaban J connectivity index is 2.13. The summed E-state index contributed by atoms with van der Waals surface area (Å²) >= 11 is 0. The summed E-state index contributed by atoms with van der Waals surface area (Å²) < 4.78 is 31.3. The zero-order valence-corrected chi connectivity index (χ0v) is 15.6. The summed E-state index contributed by atoms with van der Waals surface area (Å²) in [5, 5.41) is 21.1. The van der Waals surface area contributed by atoms with E-state index in [0.29, 0.717) is 19.3 Å². The van der Waals surface area contributed by atoms with E-state index in [9.17, 15) is 23.1 Å². The minimum absolute atomic E-state index is 0.0218. The molecular formula is C16H24N2O7S. The predicted octanol–water partition coefficient (Wildman–Crippen LogP) is 0.798. The van der Waals surface area contributed by atoms with Crippen LogP contribution in [0.15, 0.2) is 21.6 Å². The lowest BCUT2D eigenvalue weighted by molar-refractivity contribution is -0.125. The zero-order chi connectivity index (χ0) is 19.5. The van der Waals surface area contributed by atoms with Crippen molar-refractivity contribution < 1.29 is 32.6 Å². The number of sulfonamides is 1. The number of amides is 1. The SMILES string of the molecule is CCCC(C)(O)CNC(=O)C1CCCN1S(=O)(=O)c1ccc(C(=O)O)o1. The molecule has 2 heterocycles. The van der Waals surface area contributed by atoms with Gasteiger partial charge < -0.3 is 19.9 Å². The number of carboxylic acid groups (broad SMARTS) is 1. The van der Waals surface area contributed by atoms with Crippen LogP contribution in [0.25, 0.3) is 0 Å². The average Bonchev–Trinajstić information content (AvgIpc) is 3.22. The van der Waals surface area contributed by atoms with E-state index in [2.05, 4.69) is 5.32 Å². The Morgan fingerprint density at radius 3 is 2.69 bits per heavy atom. The number of carbonyl (C=O) groups excluding carboxylic acids is 1. The molecule has 2 rings (SSSR count). The van der Waals surface area contributed by atoms with Gasteiger partial charge in [-0.1, -0.05) is 13.3 Å². The number of furan rings is 1. The van der Waals surface area contributed by atoms with Gasteiger partial charge in [0.1, 0.15) is 6.04 Å². The molecule has 1 saturated heterocycles. The fourth-order valence-corrected chi connectivity index (χ4v) is 4.57. The van der Waals surface area contributed by atoms with Crippen molar-refractivity contribution in [3.63, 3.8) is 0 Å². The molecule has 9 nitrogen and oxygen atoms in total. The van der Waals surface area contributed by atoms with E-state index in [1.165, 1.54) is 0 Å². The van der Waals surface area contributed by atoms with Crippen molar-refractivity contribution >= 4 is 21.9 Å². The van der Waals surface area contributed by atoms with Crippen LogP contribution in [-0.4, -0.2) is 59.5 Å². The van der Waals surface area contributed by atoms with E-state index in [0.717, 1.165) is 22.9 Å². The molecule has 0 radical (unpaired) electrons. The largest absolute Gasteiger partial charge is 0.475 e. The van der Waals surface area contributed by atoms with Crippen LogP contribution in [0.3, 0.4) is 0 Å². The van der Waals surface area contributed by atoms with Crippen LogP contribution in [0, 0.1) is 0 Å². The number of carboxylic acids is 1. The standard InChI is InChI=1S/C16H24N2O7S/c1-3-8-16(2,22)10-17-14(19)11-5-4-9-18(11)26(23,24)13-7-6-12(25-13)15(20)21/h6-7,11,22H,3-5,8-10H2,1-2H3,(H,17,19)(H,20,21). The first-order valence-electron chi connectivity index (χ1n) is 8.43. The van der Waals surface area contributed by atoms with E-state index in [4.69, 9.17) is 9.52 Å². The molecule has 0 spiro atoms. The second-order valence-electron chi connectivity index (χ2n) is 6.66. The van der Waals surface area contributed by atoms with Crippen LogP contribution in [0.2, 0.25) is 0 Å². The predicted molar refractivity (Wildman–Crippen MR) is 91.1 cm³/mol. The van der Waals surface area contributed by atoms with Crippen LogP contribution in [0.1, 0.15) is 50.1 Å². The van der Waals surface area contributed by atoms with Crippen LogP contribution in [0.4, 0.5) is 0 Å². The van der Waals surface area contributed by atoms with Gasteiger partial charge in [-0.05, 0) is 38.3 Å². The molecule has 1 aliphatic rings. The molecule has 1 aliphatic heterocycles. The summed E-state index contributed by atoms with van der Waals surface area (Å²) in [6, 6.07) is 1.20. The maximum Gasteiger partial charge on any atom is 0.371 e. The fraction of sp³-hybridized carbons (Fsp3) is 0.625. The molecule has 0 bridgehead atoms. The zero-order valence-electron chi connectivity index (χ0n) is 14.8. The van der Waals surface area contributed by atoms with Gasteiger partial charge in [0.05, 0.1) is 5.60 Å². The molecule has 2 unspecified atom stereocenters. The number of nitrogens with zero attached hydrogens (tertiary/aromatic N) is 1. The van der Waals surface area contributed by atoms with Gasteiger partial charge >= 0.3 is 5.97 Å². The Kier molecular flexibility index (Phi) is 6.09. The number of aliphatic hydroxyl groups is 1. The summed E-state index contributed by atoms with van der Waals surface area (Å²) in [5.74, 6) is -2.35. The molecule has 1 aromatic rings. The van der Waals surface area contributed by atoms with Gasteiger partial charge in [0, 0.05) is 13.1 Å². The summed E-state index contributed by atoms with van der Waals surface area (Å²) in [6.07, 6.45) is 2.09.